The van der Waals surface area contributed by atoms with Crippen molar-refractivity contribution in [3.8, 4) is 0 Å². The molecular formula is C16H15BrN2OS. The number of hydrogen-bond acceptors (Lipinski definition) is 3. The highest BCUT2D eigenvalue weighted by molar-refractivity contribution is 9.11. The molecule has 1 fully saturated rings. The molecule has 3 rings (SSSR count). The zero-order chi connectivity index (χ0) is 14.8. The van der Waals surface area contributed by atoms with Gasteiger partial charge in [0, 0.05) is 17.2 Å². The van der Waals surface area contributed by atoms with E-state index in [-0.39, 0.29) is 5.91 Å². The van der Waals surface area contributed by atoms with E-state index in [0.29, 0.717) is 11.6 Å². The Hall–Kier alpha value is -1.33. The molecule has 0 unspecified atom stereocenters. The van der Waals surface area contributed by atoms with Crippen LogP contribution >= 0.6 is 27.7 Å². The molecule has 1 heterocycles. The molecule has 3 nitrogen and oxygen atoms in total. The quantitative estimate of drug-likeness (QED) is 0.813. The Balaban J connectivity index is 1.97. The summed E-state index contributed by atoms with van der Waals surface area (Å²) in [5.41, 5.74) is 1.55. The van der Waals surface area contributed by atoms with Crippen LogP contribution in [0.5, 0.6) is 0 Å². The third kappa shape index (κ3) is 3.66. The summed E-state index contributed by atoms with van der Waals surface area (Å²) in [4.78, 5) is 17.0. The second-order valence-corrected chi connectivity index (χ2v) is 7.20. The SMILES string of the molecule is C=C(Br)CSc1cc(C(=O)NC2CC2)c2ccccc2n1. The Bertz CT molecular complexity index is 712. The van der Waals surface area contributed by atoms with Gasteiger partial charge in [0.25, 0.3) is 5.91 Å². The molecule has 0 spiro atoms. The van der Waals surface area contributed by atoms with Gasteiger partial charge < -0.3 is 5.32 Å². The van der Waals surface area contributed by atoms with Crippen LogP contribution in [0.4, 0.5) is 0 Å². The summed E-state index contributed by atoms with van der Waals surface area (Å²) in [6.45, 7) is 3.83. The number of rotatable bonds is 5. The minimum atomic E-state index is -0.00406. The number of nitrogens with one attached hydrogen (secondary N) is 1. The average molecular weight is 363 g/mol. The lowest BCUT2D eigenvalue weighted by Gasteiger charge is -2.09. The van der Waals surface area contributed by atoms with Gasteiger partial charge >= 0.3 is 0 Å². The fourth-order valence-corrected chi connectivity index (χ4v) is 3.07. The lowest BCUT2D eigenvalue weighted by atomic mass is 10.1. The molecule has 1 saturated carbocycles. The van der Waals surface area contributed by atoms with E-state index < -0.39 is 0 Å². The predicted octanol–water partition coefficient (Wildman–Crippen LogP) is 4.13. The van der Waals surface area contributed by atoms with E-state index in [1.807, 2.05) is 30.3 Å². The van der Waals surface area contributed by atoms with Crippen LogP contribution in [0, 0.1) is 0 Å². The zero-order valence-corrected chi connectivity index (χ0v) is 13.8. The van der Waals surface area contributed by atoms with Crippen molar-refractivity contribution < 1.29 is 4.79 Å². The fourth-order valence-electron chi connectivity index (χ4n) is 2.06. The third-order valence-corrected chi connectivity index (χ3v) is 4.88. The van der Waals surface area contributed by atoms with Crippen LogP contribution in [0.25, 0.3) is 10.9 Å². The van der Waals surface area contributed by atoms with Crippen LogP contribution in [0.2, 0.25) is 0 Å². The number of thioether (sulfide) groups is 1. The fraction of sp³-hybridized carbons (Fsp3) is 0.250. The normalized spacial score (nSPS) is 14.1. The summed E-state index contributed by atoms with van der Waals surface area (Å²) in [6, 6.07) is 9.99. The Morgan fingerprint density at radius 2 is 2.19 bits per heavy atom. The summed E-state index contributed by atoms with van der Waals surface area (Å²) in [5, 5.41) is 4.80. The van der Waals surface area contributed by atoms with Gasteiger partial charge in [0.05, 0.1) is 16.1 Å². The van der Waals surface area contributed by atoms with Crippen LogP contribution in [0.15, 0.2) is 46.4 Å². The highest BCUT2D eigenvalue weighted by Gasteiger charge is 2.25. The number of amides is 1. The first-order valence-electron chi connectivity index (χ1n) is 6.80. The van der Waals surface area contributed by atoms with E-state index in [2.05, 4.69) is 32.8 Å². The zero-order valence-electron chi connectivity index (χ0n) is 11.4. The minimum absolute atomic E-state index is 0.00406. The molecule has 1 aromatic heterocycles. The standard InChI is InChI=1S/C16H15BrN2OS/c1-10(17)9-21-15-8-13(16(20)18-11-6-7-11)12-4-2-3-5-14(12)19-15/h2-5,8,11H,1,6-7,9H2,(H,18,20). The molecule has 1 amide bonds. The number of pyridine rings is 1. The van der Waals surface area contributed by atoms with Crippen molar-refractivity contribution in [2.75, 3.05) is 5.75 Å². The van der Waals surface area contributed by atoms with E-state index in [1.165, 1.54) is 0 Å². The van der Waals surface area contributed by atoms with Crippen molar-refractivity contribution >= 4 is 44.5 Å². The molecule has 0 aliphatic heterocycles. The maximum absolute atomic E-state index is 12.4. The Labute approximate surface area is 136 Å². The Morgan fingerprint density at radius 1 is 1.43 bits per heavy atom. The molecule has 0 atom stereocenters. The van der Waals surface area contributed by atoms with Crippen molar-refractivity contribution in [3.63, 3.8) is 0 Å². The summed E-state index contributed by atoms with van der Waals surface area (Å²) < 4.78 is 0.909. The number of para-hydroxylation sites is 1. The van der Waals surface area contributed by atoms with Crippen LogP contribution in [0.1, 0.15) is 23.2 Å². The van der Waals surface area contributed by atoms with Crippen molar-refractivity contribution in [2.24, 2.45) is 0 Å². The van der Waals surface area contributed by atoms with Gasteiger partial charge in [-0.15, -0.1) is 11.8 Å². The first-order valence-corrected chi connectivity index (χ1v) is 8.58. The van der Waals surface area contributed by atoms with E-state index in [0.717, 1.165) is 39.0 Å². The molecule has 5 heteroatoms. The molecule has 108 valence electrons. The number of nitrogens with zero attached hydrogens (tertiary/aromatic N) is 1. The molecule has 1 N–H and O–H groups in total. The lowest BCUT2D eigenvalue weighted by Crippen LogP contribution is -2.25. The maximum atomic E-state index is 12.4. The molecule has 1 aliphatic rings. The molecule has 0 saturated heterocycles. The van der Waals surface area contributed by atoms with Crippen LogP contribution < -0.4 is 5.32 Å². The number of fused-ring (bicyclic) bond motifs is 1. The molecule has 0 radical (unpaired) electrons. The predicted molar refractivity (Wildman–Crippen MR) is 91.0 cm³/mol. The molecule has 2 aromatic rings. The molecular weight excluding hydrogens is 348 g/mol. The van der Waals surface area contributed by atoms with Gasteiger partial charge in [0.15, 0.2) is 0 Å². The average Bonchev–Trinajstić information content (AvgIpc) is 3.28. The second kappa shape index (κ2) is 6.20. The summed E-state index contributed by atoms with van der Waals surface area (Å²) >= 11 is 4.92. The van der Waals surface area contributed by atoms with Crippen LogP contribution in [-0.2, 0) is 0 Å². The van der Waals surface area contributed by atoms with Gasteiger partial charge in [-0.1, -0.05) is 40.7 Å². The number of halogens is 1. The first-order chi connectivity index (χ1) is 10.1. The molecule has 1 aliphatic carbocycles. The minimum Gasteiger partial charge on any atom is -0.349 e. The maximum Gasteiger partial charge on any atom is 0.252 e. The number of aromatic nitrogens is 1. The highest BCUT2D eigenvalue weighted by Crippen LogP contribution is 2.27. The third-order valence-electron chi connectivity index (χ3n) is 3.23. The lowest BCUT2D eigenvalue weighted by molar-refractivity contribution is 0.0952. The van der Waals surface area contributed by atoms with Gasteiger partial charge in [0.1, 0.15) is 0 Å². The number of carbonyl (C=O) groups is 1. The van der Waals surface area contributed by atoms with E-state index >= 15 is 0 Å². The topological polar surface area (TPSA) is 42.0 Å². The monoisotopic (exact) mass is 362 g/mol. The van der Waals surface area contributed by atoms with Crippen molar-refractivity contribution in [1.82, 2.24) is 10.3 Å². The Morgan fingerprint density at radius 3 is 2.90 bits per heavy atom. The van der Waals surface area contributed by atoms with Gasteiger partial charge in [-0.25, -0.2) is 4.98 Å². The summed E-state index contributed by atoms with van der Waals surface area (Å²) in [7, 11) is 0. The van der Waals surface area contributed by atoms with E-state index in [1.54, 1.807) is 11.8 Å². The second-order valence-electron chi connectivity index (χ2n) is 5.08. The van der Waals surface area contributed by atoms with Gasteiger partial charge in [-0.3, -0.25) is 4.79 Å². The summed E-state index contributed by atoms with van der Waals surface area (Å²) in [6.07, 6.45) is 2.17. The Kier molecular flexibility index (Phi) is 4.31. The smallest absolute Gasteiger partial charge is 0.252 e. The highest BCUT2D eigenvalue weighted by atomic mass is 79.9. The molecule has 21 heavy (non-hydrogen) atoms. The van der Waals surface area contributed by atoms with Gasteiger partial charge in [0.2, 0.25) is 0 Å². The first kappa shape index (κ1) is 14.6. The number of benzene rings is 1. The van der Waals surface area contributed by atoms with Gasteiger partial charge in [-0.2, -0.15) is 0 Å². The number of carbonyl (C=O) groups excluding carboxylic acids is 1. The van der Waals surface area contributed by atoms with Crippen LogP contribution in [0.3, 0.4) is 0 Å². The van der Waals surface area contributed by atoms with Crippen molar-refractivity contribution in [3.05, 3.63) is 47.0 Å². The van der Waals surface area contributed by atoms with Crippen LogP contribution in [-0.4, -0.2) is 22.7 Å². The van der Waals surface area contributed by atoms with Crippen molar-refractivity contribution in [2.45, 2.75) is 23.9 Å². The van der Waals surface area contributed by atoms with Gasteiger partial charge in [-0.05, 0) is 29.5 Å². The van der Waals surface area contributed by atoms with E-state index in [4.69, 9.17) is 0 Å². The van der Waals surface area contributed by atoms with E-state index in [9.17, 15) is 4.79 Å². The largest absolute Gasteiger partial charge is 0.349 e. The molecule has 1 aromatic carbocycles. The van der Waals surface area contributed by atoms with Crippen molar-refractivity contribution in [1.29, 1.82) is 0 Å². The molecule has 0 bridgehead atoms. The summed E-state index contributed by atoms with van der Waals surface area (Å²) in [5.74, 6) is 0.727. The number of hydrogen-bond donors (Lipinski definition) is 1.